The van der Waals surface area contributed by atoms with E-state index in [-0.39, 0.29) is 19.5 Å². The summed E-state index contributed by atoms with van der Waals surface area (Å²) < 4.78 is 4.30. The molecule has 0 atom stereocenters. The van der Waals surface area contributed by atoms with Crippen molar-refractivity contribution in [2.75, 3.05) is 6.61 Å². The molecule has 0 spiro atoms. The summed E-state index contributed by atoms with van der Waals surface area (Å²) in [5, 5.41) is 0. The summed E-state index contributed by atoms with van der Waals surface area (Å²) in [6.07, 6.45) is 2.95. The summed E-state index contributed by atoms with van der Waals surface area (Å²) >= 11 is 0. The van der Waals surface area contributed by atoms with Crippen molar-refractivity contribution in [1.82, 2.24) is 0 Å². The van der Waals surface area contributed by atoms with Crippen LogP contribution in [-0.4, -0.2) is 6.61 Å². The predicted octanol–water partition coefficient (Wildman–Crippen LogP) is 0.138. The number of hydrogen-bond donors (Lipinski definition) is 0. The molecule has 0 aromatic rings. The van der Waals surface area contributed by atoms with Crippen LogP contribution in [0, 0.1) is 0 Å². The molecule has 10 heavy (non-hydrogen) atoms. The Labute approximate surface area is 75.5 Å². The first-order valence-electron chi connectivity index (χ1n) is 3.04. The molecule has 0 N–H and O–H groups in total. The van der Waals surface area contributed by atoms with Crippen molar-refractivity contribution in [1.29, 1.82) is 0 Å². The molecular weight excluding hydrogens is 204 g/mol. The molecule has 0 unspecified atom stereocenters. The van der Waals surface area contributed by atoms with Crippen molar-refractivity contribution in [2.24, 2.45) is 0 Å². The van der Waals surface area contributed by atoms with E-state index in [1.54, 1.807) is 0 Å². The molecule has 0 saturated carbocycles. The summed E-state index contributed by atoms with van der Waals surface area (Å²) in [5.41, 5.74) is 0. The Bertz CT molecular complexity index is 62.9. The fraction of sp³-hybridized carbons (Fsp3) is 1.00. The molecule has 0 aliphatic heterocycles. The standard InChI is InChI=1S/C5H11O3P.Zn/c1-2-3-4-5-8-9(6)7;/h2-5H2,1H3;/q-2;+2. The largest absolute Gasteiger partial charge is 2.00 e. The van der Waals surface area contributed by atoms with Gasteiger partial charge in [-0.05, 0) is 6.42 Å². The topological polar surface area (TPSA) is 55.3 Å². The Hall–Kier alpha value is 0.933. The molecule has 3 nitrogen and oxygen atoms in total. The first-order valence-corrected chi connectivity index (χ1v) is 4.14. The molecular formula is C5H11O3PZn. The fourth-order valence-corrected chi connectivity index (χ4v) is 0.769. The number of hydrogen-bond acceptors (Lipinski definition) is 3. The van der Waals surface area contributed by atoms with E-state index in [0.29, 0.717) is 6.61 Å². The number of rotatable bonds is 5. The summed E-state index contributed by atoms with van der Waals surface area (Å²) in [6.45, 7) is 2.39. The molecule has 0 fully saturated rings. The van der Waals surface area contributed by atoms with Gasteiger partial charge < -0.3 is 14.3 Å². The Morgan fingerprint density at radius 1 is 1.30 bits per heavy atom. The fourth-order valence-electron chi connectivity index (χ4n) is 0.491. The molecule has 56 valence electrons. The second kappa shape index (κ2) is 9.93. The van der Waals surface area contributed by atoms with Crippen molar-refractivity contribution < 1.29 is 33.8 Å². The Morgan fingerprint density at radius 2 is 1.90 bits per heavy atom. The Kier molecular flexibility index (Phi) is 13.4. The van der Waals surface area contributed by atoms with Crippen LogP contribution >= 0.6 is 8.60 Å². The average Bonchev–Trinajstić information content (AvgIpc) is 1.80. The first kappa shape index (κ1) is 13.5. The van der Waals surface area contributed by atoms with E-state index in [9.17, 15) is 9.79 Å². The van der Waals surface area contributed by atoms with Gasteiger partial charge in [-0.3, -0.25) is 0 Å². The van der Waals surface area contributed by atoms with E-state index in [1.807, 2.05) is 0 Å². The van der Waals surface area contributed by atoms with Gasteiger partial charge in [-0.15, -0.1) is 0 Å². The molecule has 0 bridgehead atoms. The van der Waals surface area contributed by atoms with Crippen LogP contribution in [0.4, 0.5) is 0 Å². The molecule has 0 aliphatic rings. The van der Waals surface area contributed by atoms with Gasteiger partial charge in [0.25, 0.3) is 0 Å². The SMILES string of the molecule is CCCCCOP([O-])[O-].[Zn+2]. The van der Waals surface area contributed by atoms with Gasteiger partial charge in [0.1, 0.15) is 0 Å². The van der Waals surface area contributed by atoms with E-state index >= 15 is 0 Å². The van der Waals surface area contributed by atoms with Gasteiger partial charge in [0.2, 0.25) is 0 Å². The summed E-state index contributed by atoms with van der Waals surface area (Å²) in [7, 11) is -2.62. The predicted molar refractivity (Wildman–Crippen MR) is 32.4 cm³/mol. The van der Waals surface area contributed by atoms with Crippen molar-refractivity contribution in [2.45, 2.75) is 26.2 Å². The second-order valence-corrected chi connectivity index (χ2v) is 2.47. The Morgan fingerprint density at radius 3 is 2.30 bits per heavy atom. The smallest absolute Gasteiger partial charge is 0.820 e. The first-order chi connectivity index (χ1) is 4.27. The quantitative estimate of drug-likeness (QED) is 0.372. The van der Waals surface area contributed by atoms with Gasteiger partial charge in [0.15, 0.2) is 0 Å². The minimum absolute atomic E-state index is 0. The van der Waals surface area contributed by atoms with Gasteiger partial charge in [-0.25, -0.2) is 0 Å². The monoisotopic (exact) mass is 214 g/mol. The molecule has 0 amide bonds. The molecule has 0 heterocycles. The van der Waals surface area contributed by atoms with Crippen molar-refractivity contribution >= 4 is 8.60 Å². The zero-order valence-corrected chi connectivity index (χ0v) is 10.1. The maximum absolute atomic E-state index is 9.78. The van der Waals surface area contributed by atoms with Crippen LogP contribution in [0.3, 0.4) is 0 Å². The van der Waals surface area contributed by atoms with Crippen LogP contribution in [0.15, 0.2) is 0 Å². The van der Waals surface area contributed by atoms with E-state index < -0.39 is 8.60 Å². The van der Waals surface area contributed by atoms with E-state index in [2.05, 4.69) is 11.4 Å². The van der Waals surface area contributed by atoms with E-state index in [0.717, 1.165) is 19.3 Å². The van der Waals surface area contributed by atoms with Crippen molar-refractivity contribution in [3.63, 3.8) is 0 Å². The van der Waals surface area contributed by atoms with Gasteiger partial charge in [-0.2, -0.15) is 8.60 Å². The molecule has 0 radical (unpaired) electrons. The van der Waals surface area contributed by atoms with Crippen LogP contribution in [0.25, 0.3) is 0 Å². The average molecular weight is 216 g/mol. The third-order valence-electron chi connectivity index (χ3n) is 0.945. The molecule has 0 saturated heterocycles. The minimum Gasteiger partial charge on any atom is -0.820 e. The molecule has 0 aromatic heterocycles. The maximum atomic E-state index is 9.78. The summed E-state index contributed by atoms with van der Waals surface area (Å²) in [6, 6.07) is 0. The number of unbranched alkanes of at least 4 members (excludes halogenated alkanes) is 2. The van der Waals surface area contributed by atoms with Crippen LogP contribution in [0.2, 0.25) is 0 Å². The molecule has 5 heteroatoms. The summed E-state index contributed by atoms with van der Waals surface area (Å²) in [4.78, 5) is 19.6. The third kappa shape index (κ3) is 11.7. The van der Waals surface area contributed by atoms with Crippen LogP contribution in [0.5, 0.6) is 0 Å². The maximum Gasteiger partial charge on any atom is 2.00 e. The van der Waals surface area contributed by atoms with Gasteiger partial charge in [-0.1, -0.05) is 19.8 Å². The van der Waals surface area contributed by atoms with Crippen molar-refractivity contribution in [3.8, 4) is 0 Å². The Balaban J connectivity index is 0. The molecule has 0 aliphatic carbocycles. The van der Waals surface area contributed by atoms with Gasteiger partial charge in [0, 0.05) is 6.61 Å². The minimum atomic E-state index is -2.62. The van der Waals surface area contributed by atoms with Crippen LogP contribution in [-0.2, 0) is 24.0 Å². The van der Waals surface area contributed by atoms with Crippen LogP contribution in [0.1, 0.15) is 26.2 Å². The molecule has 0 rings (SSSR count). The van der Waals surface area contributed by atoms with Gasteiger partial charge in [0.05, 0.1) is 0 Å². The summed E-state index contributed by atoms with van der Waals surface area (Å²) in [5.74, 6) is 0. The van der Waals surface area contributed by atoms with Gasteiger partial charge >= 0.3 is 19.5 Å². The van der Waals surface area contributed by atoms with Crippen LogP contribution < -0.4 is 9.79 Å². The second-order valence-electron chi connectivity index (χ2n) is 1.76. The third-order valence-corrected chi connectivity index (χ3v) is 1.34. The molecule has 0 aromatic carbocycles. The van der Waals surface area contributed by atoms with E-state index in [1.165, 1.54) is 0 Å². The van der Waals surface area contributed by atoms with E-state index in [4.69, 9.17) is 0 Å². The van der Waals surface area contributed by atoms with Crippen molar-refractivity contribution in [3.05, 3.63) is 0 Å². The normalized spacial score (nSPS) is 9.60. The zero-order chi connectivity index (χ0) is 7.11. The zero-order valence-electron chi connectivity index (χ0n) is 6.21.